The van der Waals surface area contributed by atoms with Crippen LogP contribution in [-0.4, -0.2) is 30.4 Å². The molecule has 1 N–H and O–H groups in total. The van der Waals surface area contributed by atoms with E-state index in [1.807, 2.05) is 0 Å². The fourth-order valence-corrected chi connectivity index (χ4v) is 2.23. The summed E-state index contributed by atoms with van der Waals surface area (Å²) in [6.45, 7) is 2.74. The van der Waals surface area contributed by atoms with Crippen LogP contribution in [0.25, 0.3) is 0 Å². The summed E-state index contributed by atoms with van der Waals surface area (Å²) in [5, 5.41) is 2.61. The topological polar surface area (TPSA) is 32.3 Å². The number of anilines is 1. The summed E-state index contributed by atoms with van der Waals surface area (Å²) in [4.78, 5) is 13.9. The number of nitrogens with zero attached hydrogens (tertiary/aromatic N) is 1. The zero-order chi connectivity index (χ0) is 14.6. The van der Waals surface area contributed by atoms with Crippen molar-refractivity contribution >= 4 is 11.6 Å². The normalized spacial score (nSPS) is 16.4. The number of nitrogens with one attached hydrogen (secondary N) is 1. The second-order valence-corrected chi connectivity index (χ2v) is 4.92. The van der Waals surface area contributed by atoms with Crippen molar-refractivity contribution < 1.29 is 18.0 Å². The molecule has 1 aliphatic heterocycles. The Bertz CT molecular complexity index is 450. The molecule has 0 atom stereocenters. The molecular weight excluding hydrogens is 269 g/mol. The minimum absolute atomic E-state index is 0.170. The van der Waals surface area contributed by atoms with E-state index < -0.39 is 11.7 Å². The van der Waals surface area contributed by atoms with Crippen LogP contribution in [0.2, 0.25) is 0 Å². The molecule has 1 amide bonds. The first kappa shape index (κ1) is 14.8. The Balaban J connectivity index is 1.81. The van der Waals surface area contributed by atoms with Crippen molar-refractivity contribution in [1.29, 1.82) is 0 Å². The summed E-state index contributed by atoms with van der Waals surface area (Å²) < 4.78 is 37.1. The summed E-state index contributed by atoms with van der Waals surface area (Å²) >= 11 is 0. The third-order valence-electron chi connectivity index (χ3n) is 3.35. The molecule has 0 bridgehead atoms. The predicted molar refractivity (Wildman–Crippen MR) is 70.4 cm³/mol. The number of halogens is 3. The van der Waals surface area contributed by atoms with E-state index in [4.69, 9.17) is 0 Å². The van der Waals surface area contributed by atoms with Crippen LogP contribution in [0, 0.1) is 0 Å². The molecule has 1 saturated heterocycles. The highest BCUT2D eigenvalue weighted by Gasteiger charge is 2.29. The van der Waals surface area contributed by atoms with Gasteiger partial charge in [-0.15, -0.1) is 0 Å². The third-order valence-corrected chi connectivity index (χ3v) is 3.35. The van der Waals surface area contributed by atoms with E-state index in [1.54, 1.807) is 0 Å². The molecular formula is C14H17F3N2O. The molecule has 20 heavy (non-hydrogen) atoms. The lowest BCUT2D eigenvalue weighted by Gasteiger charge is -2.14. The molecule has 0 aromatic heterocycles. The van der Waals surface area contributed by atoms with Crippen molar-refractivity contribution in [3.8, 4) is 0 Å². The van der Waals surface area contributed by atoms with Gasteiger partial charge in [0.2, 0.25) is 5.91 Å². The largest absolute Gasteiger partial charge is 0.416 e. The average molecular weight is 286 g/mol. The van der Waals surface area contributed by atoms with Gasteiger partial charge in [-0.1, -0.05) is 0 Å². The number of hydrogen-bond acceptors (Lipinski definition) is 2. The van der Waals surface area contributed by atoms with Crippen LogP contribution in [0.4, 0.5) is 18.9 Å². The molecule has 2 rings (SSSR count). The summed E-state index contributed by atoms with van der Waals surface area (Å²) in [7, 11) is 0. The van der Waals surface area contributed by atoms with Gasteiger partial charge in [-0.3, -0.25) is 4.79 Å². The van der Waals surface area contributed by atoms with Crippen molar-refractivity contribution in [2.75, 3.05) is 25.0 Å². The van der Waals surface area contributed by atoms with Gasteiger partial charge in [-0.25, -0.2) is 0 Å². The molecule has 3 nitrogen and oxygen atoms in total. The smallest absolute Gasteiger partial charge is 0.326 e. The quantitative estimate of drug-likeness (QED) is 0.922. The minimum Gasteiger partial charge on any atom is -0.326 e. The number of likely N-dealkylation sites (tertiary alicyclic amines) is 1. The lowest BCUT2D eigenvalue weighted by atomic mass is 10.2. The highest BCUT2D eigenvalue weighted by Crippen LogP contribution is 2.29. The van der Waals surface area contributed by atoms with E-state index in [-0.39, 0.29) is 5.91 Å². The molecule has 1 aromatic carbocycles. The Labute approximate surface area is 115 Å². The van der Waals surface area contributed by atoms with E-state index in [9.17, 15) is 18.0 Å². The van der Waals surface area contributed by atoms with Crippen molar-refractivity contribution in [3.63, 3.8) is 0 Å². The SMILES string of the molecule is O=C(CCN1CCCC1)Nc1ccc(C(F)(F)F)cc1. The molecule has 6 heteroatoms. The maximum absolute atomic E-state index is 12.4. The fraction of sp³-hybridized carbons (Fsp3) is 0.500. The molecule has 1 aromatic rings. The lowest BCUT2D eigenvalue weighted by Crippen LogP contribution is -2.25. The summed E-state index contributed by atoms with van der Waals surface area (Å²) in [5.74, 6) is -0.170. The van der Waals surface area contributed by atoms with Gasteiger partial charge in [-0.05, 0) is 50.2 Å². The van der Waals surface area contributed by atoms with Gasteiger partial charge in [0.1, 0.15) is 0 Å². The number of rotatable bonds is 4. The van der Waals surface area contributed by atoms with Crippen LogP contribution in [0.5, 0.6) is 0 Å². The van der Waals surface area contributed by atoms with Crippen molar-refractivity contribution in [2.45, 2.75) is 25.4 Å². The molecule has 0 spiro atoms. The van der Waals surface area contributed by atoms with E-state index in [0.717, 1.165) is 25.2 Å². The minimum atomic E-state index is -4.35. The zero-order valence-corrected chi connectivity index (χ0v) is 11.0. The molecule has 1 heterocycles. The van der Waals surface area contributed by atoms with Crippen LogP contribution < -0.4 is 5.32 Å². The van der Waals surface area contributed by atoms with Crippen LogP contribution in [0.15, 0.2) is 24.3 Å². The maximum Gasteiger partial charge on any atom is 0.416 e. The highest BCUT2D eigenvalue weighted by atomic mass is 19.4. The predicted octanol–water partition coefficient (Wildman–Crippen LogP) is 3.13. The maximum atomic E-state index is 12.4. The second-order valence-electron chi connectivity index (χ2n) is 4.92. The Kier molecular flexibility index (Phi) is 4.65. The van der Waals surface area contributed by atoms with Crippen molar-refractivity contribution in [1.82, 2.24) is 4.90 Å². The van der Waals surface area contributed by atoms with Gasteiger partial charge in [-0.2, -0.15) is 13.2 Å². The first-order valence-corrected chi connectivity index (χ1v) is 6.64. The molecule has 1 fully saturated rings. The Morgan fingerprint density at radius 1 is 1.15 bits per heavy atom. The van der Waals surface area contributed by atoms with Gasteiger partial charge in [0.05, 0.1) is 5.56 Å². The second kappa shape index (κ2) is 6.26. The van der Waals surface area contributed by atoms with E-state index in [0.29, 0.717) is 18.7 Å². The number of benzene rings is 1. The molecule has 0 aliphatic carbocycles. The van der Waals surface area contributed by atoms with Crippen LogP contribution in [-0.2, 0) is 11.0 Å². The number of amides is 1. The average Bonchev–Trinajstić information content (AvgIpc) is 2.89. The Hall–Kier alpha value is -1.56. The lowest BCUT2D eigenvalue weighted by molar-refractivity contribution is -0.137. The fourth-order valence-electron chi connectivity index (χ4n) is 2.23. The zero-order valence-electron chi connectivity index (χ0n) is 11.0. The summed E-state index contributed by atoms with van der Waals surface area (Å²) in [6.07, 6.45) is -1.65. The number of alkyl halides is 3. The van der Waals surface area contributed by atoms with Gasteiger partial charge < -0.3 is 10.2 Å². The van der Waals surface area contributed by atoms with Gasteiger partial charge in [0.15, 0.2) is 0 Å². The van der Waals surface area contributed by atoms with Crippen LogP contribution in [0.1, 0.15) is 24.8 Å². The summed E-state index contributed by atoms with van der Waals surface area (Å²) in [6, 6.07) is 4.49. The van der Waals surface area contributed by atoms with Crippen molar-refractivity contribution in [2.24, 2.45) is 0 Å². The van der Waals surface area contributed by atoms with E-state index in [1.165, 1.54) is 25.0 Å². The first-order chi connectivity index (χ1) is 9.45. The number of hydrogen-bond donors (Lipinski definition) is 1. The molecule has 0 radical (unpaired) electrons. The summed E-state index contributed by atoms with van der Waals surface area (Å²) in [5.41, 5.74) is -0.322. The van der Waals surface area contributed by atoms with E-state index in [2.05, 4.69) is 10.2 Å². The van der Waals surface area contributed by atoms with Gasteiger partial charge >= 0.3 is 6.18 Å². The standard InChI is InChI=1S/C14H17F3N2O/c15-14(16,17)11-3-5-12(6-4-11)18-13(20)7-10-19-8-1-2-9-19/h3-6H,1-2,7-10H2,(H,18,20). The van der Waals surface area contributed by atoms with Crippen LogP contribution >= 0.6 is 0 Å². The molecule has 1 aliphatic rings. The van der Waals surface area contributed by atoms with Gasteiger partial charge in [0, 0.05) is 18.7 Å². The van der Waals surface area contributed by atoms with Gasteiger partial charge in [0.25, 0.3) is 0 Å². The first-order valence-electron chi connectivity index (χ1n) is 6.64. The van der Waals surface area contributed by atoms with Crippen molar-refractivity contribution in [3.05, 3.63) is 29.8 Å². The molecule has 110 valence electrons. The Morgan fingerprint density at radius 3 is 2.30 bits per heavy atom. The Morgan fingerprint density at radius 2 is 1.75 bits per heavy atom. The molecule has 0 unspecified atom stereocenters. The number of carbonyl (C=O) groups is 1. The number of carbonyl (C=O) groups excluding carboxylic acids is 1. The molecule has 0 saturated carbocycles. The highest BCUT2D eigenvalue weighted by molar-refractivity contribution is 5.90. The van der Waals surface area contributed by atoms with Crippen LogP contribution in [0.3, 0.4) is 0 Å². The van der Waals surface area contributed by atoms with E-state index >= 15 is 0 Å². The monoisotopic (exact) mass is 286 g/mol. The third kappa shape index (κ3) is 4.23.